The van der Waals surface area contributed by atoms with Crippen LogP contribution in [0.25, 0.3) is 0 Å². The Hall–Kier alpha value is -1.92. The molecule has 0 aliphatic rings. The Labute approximate surface area is 122 Å². The molecule has 0 atom stereocenters. The Bertz CT molecular complexity index is 699. The summed E-state index contributed by atoms with van der Waals surface area (Å²) in [5.41, 5.74) is 0.540. The monoisotopic (exact) mass is 313 g/mol. The van der Waals surface area contributed by atoms with E-state index < -0.39 is 17.7 Å². The van der Waals surface area contributed by atoms with Crippen LogP contribution < -0.4 is 5.32 Å². The average Bonchev–Trinajstić information content (AvgIpc) is 2.73. The Balaban J connectivity index is 2.26. The molecular weight excluding hydrogens is 305 g/mol. The van der Waals surface area contributed by atoms with Gasteiger partial charge in [-0.3, -0.25) is 4.79 Å². The summed E-state index contributed by atoms with van der Waals surface area (Å²) in [5.74, 6) is -2.34. The van der Waals surface area contributed by atoms with Gasteiger partial charge < -0.3 is 10.4 Å². The van der Waals surface area contributed by atoms with Crippen LogP contribution in [-0.2, 0) is 0 Å². The molecule has 7 heteroatoms. The molecule has 104 valence electrons. The van der Waals surface area contributed by atoms with E-state index in [1.54, 1.807) is 13.0 Å². The molecule has 2 N–H and O–H groups in total. The highest BCUT2D eigenvalue weighted by molar-refractivity contribution is 7.18. The van der Waals surface area contributed by atoms with Gasteiger partial charge in [-0.25, -0.2) is 9.18 Å². The molecule has 0 radical (unpaired) electrons. The smallest absolute Gasteiger partial charge is 0.346 e. The molecule has 20 heavy (non-hydrogen) atoms. The first kappa shape index (κ1) is 14.5. The first-order valence-corrected chi connectivity index (χ1v) is 6.68. The Kier molecular flexibility index (Phi) is 4.06. The molecule has 1 heterocycles. The first-order chi connectivity index (χ1) is 9.40. The van der Waals surface area contributed by atoms with Gasteiger partial charge in [0, 0.05) is 0 Å². The third-order valence-corrected chi connectivity index (χ3v) is 4.07. The number of rotatable bonds is 3. The predicted molar refractivity (Wildman–Crippen MR) is 75.4 cm³/mol. The molecule has 4 nitrogen and oxygen atoms in total. The van der Waals surface area contributed by atoms with E-state index in [0.717, 1.165) is 17.4 Å². The number of carboxylic acids is 1. The predicted octanol–water partition coefficient (Wildman–Crippen LogP) is 3.80. The molecule has 0 fully saturated rings. The lowest BCUT2D eigenvalue weighted by atomic mass is 10.2. The number of hydrogen-bond donors (Lipinski definition) is 2. The molecular formula is C13H9ClFNO3S. The second kappa shape index (κ2) is 5.60. The van der Waals surface area contributed by atoms with Crippen molar-refractivity contribution in [3.8, 4) is 0 Å². The molecule has 0 saturated carbocycles. The molecule has 0 aliphatic carbocycles. The van der Waals surface area contributed by atoms with Crippen molar-refractivity contribution in [2.24, 2.45) is 0 Å². The van der Waals surface area contributed by atoms with E-state index in [4.69, 9.17) is 16.7 Å². The SMILES string of the molecule is Cc1cc(NC(=O)c2cccc(F)c2Cl)sc1C(=O)O. The Morgan fingerprint density at radius 1 is 1.40 bits per heavy atom. The molecule has 0 aliphatic heterocycles. The molecule has 0 saturated heterocycles. The molecule has 0 spiro atoms. The highest BCUT2D eigenvalue weighted by Crippen LogP contribution is 2.28. The van der Waals surface area contributed by atoms with Gasteiger partial charge in [0.1, 0.15) is 10.7 Å². The lowest BCUT2D eigenvalue weighted by Gasteiger charge is -2.04. The minimum atomic E-state index is -1.06. The summed E-state index contributed by atoms with van der Waals surface area (Å²) in [4.78, 5) is 23.0. The lowest BCUT2D eigenvalue weighted by Crippen LogP contribution is -2.12. The summed E-state index contributed by atoms with van der Waals surface area (Å²) >= 11 is 6.65. The van der Waals surface area contributed by atoms with E-state index in [1.165, 1.54) is 12.1 Å². The van der Waals surface area contributed by atoms with Gasteiger partial charge in [-0.05, 0) is 30.7 Å². The van der Waals surface area contributed by atoms with Crippen LogP contribution in [0.1, 0.15) is 25.6 Å². The minimum Gasteiger partial charge on any atom is -0.477 e. The van der Waals surface area contributed by atoms with E-state index in [1.807, 2.05) is 0 Å². The number of benzene rings is 1. The maximum atomic E-state index is 13.3. The molecule has 0 unspecified atom stereocenters. The second-order valence-corrected chi connectivity index (χ2v) is 5.41. The Morgan fingerprint density at radius 2 is 2.10 bits per heavy atom. The number of carboxylic acid groups (broad SMARTS) is 1. The molecule has 2 aromatic rings. The van der Waals surface area contributed by atoms with Gasteiger partial charge in [-0.2, -0.15) is 0 Å². The van der Waals surface area contributed by atoms with Gasteiger partial charge >= 0.3 is 5.97 Å². The number of aromatic carboxylic acids is 1. The summed E-state index contributed by atoms with van der Waals surface area (Å²) < 4.78 is 13.3. The number of thiophene rings is 1. The number of anilines is 1. The quantitative estimate of drug-likeness (QED) is 0.905. The van der Waals surface area contributed by atoms with E-state index in [-0.39, 0.29) is 15.5 Å². The van der Waals surface area contributed by atoms with Crippen LogP contribution in [0.4, 0.5) is 9.39 Å². The zero-order valence-corrected chi connectivity index (χ0v) is 11.8. The number of hydrogen-bond acceptors (Lipinski definition) is 3. The molecule has 1 amide bonds. The van der Waals surface area contributed by atoms with Crippen LogP contribution in [0.2, 0.25) is 5.02 Å². The standard InChI is InChI=1S/C13H9ClFNO3S/c1-6-5-9(20-11(6)13(18)19)16-12(17)7-3-2-4-8(15)10(7)14/h2-5H,1H3,(H,16,17)(H,18,19). The normalized spacial score (nSPS) is 10.3. The zero-order valence-electron chi connectivity index (χ0n) is 10.2. The van der Waals surface area contributed by atoms with Gasteiger partial charge in [0.25, 0.3) is 5.91 Å². The topological polar surface area (TPSA) is 66.4 Å². The zero-order chi connectivity index (χ0) is 14.9. The maximum absolute atomic E-state index is 13.3. The first-order valence-electron chi connectivity index (χ1n) is 5.49. The number of halogens is 2. The molecule has 2 rings (SSSR count). The average molecular weight is 314 g/mol. The molecule has 0 bridgehead atoms. The van der Waals surface area contributed by atoms with Crippen molar-refractivity contribution < 1.29 is 19.1 Å². The van der Waals surface area contributed by atoms with Crippen molar-refractivity contribution in [3.63, 3.8) is 0 Å². The van der Waals surface area contributed by atoms with Crippen molar-refractivity contribution >= 4 is 39.8 Å². The highest BCUT2D eigenvalue weighted by atomic mass is 35.5. The van der Waals surface area contributed by atoms with Crippen LogP contribution in [0.3, 0.4) is 0 Å². The fourth-order valence-electron chi connectivity index (χ4n) is 1.61. The van der Waals surface area contributed by atoms with E-state index >= 15 is 0 Å². The van der Waals surface area contributed by atoms with E-state index in [9.17, 15) is 14.0 Å². The van der Waals surface area contributed by atoms with Crippen LogP contribution in [0.15, 0.2) is 24.3 Å². The number of carbonyl (C=O) groups is 2. The van der Waals surface area contributed by atoms with Crippen molar-refractivity contribution in [2.75, 3.05) is 5.32 Å². The van der Waals surface area contributed by atoms with Crippen molar-refractivity contribution in [2.45, 2.75) is 6.92 Å². The second-order valence-electron chi connectivity index (χ2n) is 3.98. The summed E-state index contributed by atoms with van der Waals surface area (Å²) in [6, 6.07) is 5.45. The van der Waals surface area contributed by atoms with Crippen molar-refractivity contribution in [3.05, 3.63) is 51.1 Å². The third kappa shape index (κ3) is 2.81. The maximum Gasteiger partial charge on any atom is 0.346 e. The Morgan fingerprint density at radius 3 is 2.70 bits per heavy atom. The number of aryl methyl sites for hydroxylation is 1. The molecule has 1 aromatic carbocycles. The highest BCUT2D eigenvalue weighted by Gasteiger charge is 2.17. The number of carbonyl (C=O) groups excluding carboxylic acids is 1. The summed E-state index contributed by atoms with van der Waals surface area (Å²) in [6.07, 6.45) is 0. The van der Waals surface area contributed by atoms with Gasteiger partial charge in [-0.1, -0.05) is 17.7 Å². The van der Waals surface area contributed by atoms with Crippen molar-refractivity contribution in [1.82, 2.24) is 0 Å². The van der Waals surface area contributed by atoms with Gasteiger partial charge in [-0.15, -0.1) is 11.3 Å². The lowest BCUT2D eigenvalue weighted by molar-refractivity contribution is 0.0701. The van der Waals surface area contributed by atoms with Crippen LogP contribution in [0.5, 0.6) is 0 Å². The minimum absolute atomic E-state index is 0.00500. The summed E-state index contributed by atoms with van der Waals surface area (Å²) in [6.45, 7) is 1.63. The van der Waals surface area contributed by atoms with Crippen LogP contribution in [-0.4, -0.2) is 17.0 Å². The van der Waals surface area contributed by atoms with Gasteiger partial charge in [0.15, 0.2) is 0 Å². The number of nitrogens with one attached hydrogen (secondary N) is 1. The van der Waals surface area contributed by atoms with Gasteiger partial charge in [0.05, 0.1) is 15.6 Å². The van der Waals surface area contributed by atoms with Crippen LogP contribution >= 0.6 is 22.9 Å². The molecule has 1 aromatic heterocycles. The summed E-state index contributed by atoms with van der Waals surface area (Å²) in [7, 11) is 0. The third-order valence-electron chi connectivity index (χ3n) is 2.54. The van der Waals surface area contributed by atoms with E-state index in [0.29, 0.717) is 10.6 Å². The fourth-order valence-corrected chi connectivity index (χ4v) is 2.73. The number of amides is 1. The van der Waals surface area contributed by atoms with Crippen LogP contribution in [0, 0.1) is 12.7 Å². The summed E-state index contributed by atoms with van der Waals surface area (Å²) in [5, 5.41) is 11.5. The fraction of sp³-hybridized carbons (Fsp3) is 0.0769. The van der Waals surface area contributed by atoms with E-state index in [2.05, 4.69) is 5.32 Å². The van der Waals surface area contributed by atoms with Gasteiger partial charge in [0.2, 0.25) is 0 Å². The largest absolute Gasteiger partial charge is 0.477 e. The van der Waals surface area contributed by atoms with Crippen molar-refractivity contribution in [1.29, 1.82) is 0 Å².